The van der Waals surface area contributed by atoms with Gasteiger partial charge in [0.05, 0.1) is 12.6 Å². The van der Waals surface area contributed by atoms with Gasteiger partial charge in [-0.1, -0.05) is 0 Å². The highest BCUT2D eigenvalue weighted by molar-refractivity contribution is 5.83. The number of nitrogens with zero attached hydrogens (tertiary/aromatic N) is 1. The van der Waals surface area contributed by atoms with Crippen LogP contribution in [0, 0.1) is 5.82 Å². The van der Waals surface area contributed by atoms with Gasteiger partial charge in [-0.3, -0.25) is 0 Å². The number of urea groups is 1. The number of benzene rings is 1. The van der Waals surface area contributed by atoms with Crippen molar-refractivity contribution in [3.8, 4) is 0 Å². The largest absolute Gasteiger partial charge is 0.394 e. The molecule has 1 saturated heterocycles. The van der Waals surface area contributed by atoms with Crippen LogP contribution in [0.25, 0.3) is 10.9 Å². The molecule has 1 aromatic heterocycles. The van der Waals surface area contributed by atoms with Crippen LogP contribution in [0.15, 0.2) is 24.4 Å². The zero-order chi connectivity index (χ0) is 15.5. The standard InChI is InChI=1S/C16H20FN3O2/c17-12-3-4-14-11(9-19-15(14)8-12)5-6-18-16(22)20-7-1-2-13(20)10-21/h3-4,8-9,13,19,21H,1-2,5-7,10H2,(H,18,22). The molecule has 3 rings (SSSR count). The average molecular weight is 305 g/mol. The minimum Gasteiger partial charge on any atom is -0.394 e. The number of H-pyrrole nitrogens is 1. The molecule has 1 fully saturated rings. The molecule has 2 heterocycles. The van der Waals surface area contributed by atoms with Gasteiger partial charge in [-0.25, -0.2) is 9.18 Å². The summed E-state index contributed by atoms with van der Waals surface area (Å²) in [6, 6.07) is 4.47. The molecule has 0 radical (unpaired) electrons. The Bertz CT molecular complexity index is 670. The normalized spacial score (nSPS) is 18.1. The number of nitrogens with one attached hydrogen (secondary N) is 2. The van der Waals surface area contributed by atoms with E-state index in [9.17, 15) is 14.3 Å². The third kappa shape index (κ3) is 2.92. The lowest BCUT2D eigenvalue weighted by atomic mass is 10.1. The van der Waals surface area contributed by atoms with Gasteiger partial charge < -0.3 is 20.3 Å². The fraction of sp³-hybridized carbons (Fsp3) is 0.438. The summed E-state index contributed by atoms with van der Waals surface area (Å²) in [5, 5.41) is 13.1. The summed E-state index contributed by atoms with van der Waals surface area (Å²) in [6.07, 6.45) is 4.32. The summed E-state index contributed by atoms with van der Waals surface area (Å²) >= 11 is 0. The smallest absolute Gasteiger partial charge is 0.317 e. The van der Waals surface area contributed by atoms with Gasteiger partial charge in [0.25, 0.3) is 0 Å². The van der Waals surface area contributed by atoms with Crippen molar-refractivity contribution < 1.29 is 14.3 Å². The molecule has 1 aliphatic rings. The Morgan fingerprint density at radius 2 is 2.36 bits per heavy atom. The van der Waals surface area contributed by atoms with E-state index < -0.39 is 0 Å². The number of rotatable bonds is 4. The van der Waals surface area contributed by atoms with Crippen molar-refractivity contribution >= 4 is 16.9 Å². The molecule has 6 heteroatoms. The predicted octanol–water partition coefficient (Wildman–Crippen LogP) is 2.02. The molecule has 1 aromatic carbocycles. The molecule has 0 spiro atoms. The molecule has 1 atom stereocenters. The first-order valence-corrected chi connectivity index (χ1v) is 7.60. The maximum Gasteiger partial charge on any atom is 0.317 e. The quantitative estimate of drug-likeness (QED) is 0.809. The van der Waals surface area contributed by atoms with Crippen LogP contribution in [-0.2, 0) is 6.42 Å². The van der Waals surface area contributed by atoms with Crippen molar-refractivity contribution in [1.29, 1.82) is 0 Å². The highest BCUT2D eigenvalue weighted by atomic mass is 19.1. The summed E-state index contributed by atoms with van der Waals surface area (Å²) in [4.78, 5) is 16.8. The summed E-state index contributed by atoms with van der Waals surface area (Å²) in [5.41, 5.74) is 1.82. The zero-order valence-electron chi connectivity index (χ0n) is 12.3. The molecule has 118 valence electrons. The molecule has 3 N–H and O–H groups in total. The van der Waals surface area contributed by atoms with Crippen molar-refractivity contribution in [1.82, 2.24) is 15.2 Å². The van der Waals surface area contributed by atoms with Gasteiger partial charge in [0.1, 0.15) is 5.82 Å². The number of hydrogen-bond acceptors (Lipinski definition) is 2. The number of carbonyl (C=O) groups excluding carboxylic acids is 1. The third-order valence-corrected chi connectivity index (χ3v) is 4.25. The molecule has 1 aliphatic heterocycles. The molecule has 0 bridgehead atoms. The molecule has 2 amide bonds. The molecule has 22 heavy (non-hydrogen) atoms. The maximum atomic E-state index is 13.1. The fourth-order valence-electron chi connectivity index (χ4n) is 3.06. The van der Waals surface area contributed by atoms with E-state index in [0.29, 0.717) is 19.5 Å². The van der Waals surface area contributed by atoms with E-state index in [0.717, 1.165) is 29.3 Å². The summed E-state index contributed by atoms with van der Waals surface area (Å²) in [7, 11) is 0. The van der Waals surface area contributed by atoms with E-state index >= 15 is 0 Å². The Morgan fingerprint density at radius 1 is 1.50 bits per heavy atom. The van der Waals surface area contributed by atoms with Crippen molar-refractivity contribution in [2.24, 2.45) is 0 Å². The van der Waals surface area contributed by atoms with Gasteiger partial charge >= 0.3 is 6.03 Å². The van der Waals surface area contributed by atoms with Crippen molar-refractivity contribution in [3.05, 3.63) is 35.8 Å². The average Bonchev–Trinajstić information content (AvgIpc) is 3.13. The molecule has 0 saturated carbocycles. The van der Waals surface area contributed by atoms with Gasteiger partial charge in [0.15, 0.2) is 0 Å². The number of fused-ring (bicyclic) bond motifs is 1. The van der Waals surface area contributed by atoms with Gasteiger partial charge in [-0.2, -0.15) is 0 Å². The number of aliphatic hydroxyl groups excluding tert-OH is 1. The predicted molar refractivity (Wildman–Crippen MR) is 82.2 cm³/mol. The van der Waals surface area contributed by atoms with E-state index in [1.807, 2.05) is 6.20 Å². The van der Waals surface area contributed by atoms with Crippen LogP contribution in [0.3, 0.4) is 0 Å². The Morgan fingerprint density at radius 3 is 3.18 bits per heavy atom. The Hall–Kier alpha value is -2.08. The monoisotopic (exact) mass is 305 g/mol. The number of likely N-dealkylation sites (tertiary alicyclic amines) is 1. The Labute approximate surface area is 128 Å². The van der Waals surface area contributed by atoms with Crippen molar-refractivity contribution in [3.63, 3.8) is 0 Å². The van der Waals surface area contributed by atoms with Crippen molar-refractivity contribution in [2.45, 2.75) is 25.3 Å². The Balaban J connectivity index is 1.57. The van der Waals surface area contributed by atoms with Crippen LogP contribution in [0.4, 0.5) is 9.18 Å². The van der Waals surface area contributed by atoms with Gasteiger partial charge in [-0.15, -0.1) is 0 Å². The zero-order valence-corrected chi connectivity index (χ0v) is 12.3. The minimum atomic E-state index is -0.265. The number of aromatic nitrogens is 1. The maximum absolute atomic E-state index is 13.1. The Kier molecular flexibility index (Phi) is 4.29. The van der Waals surface area contributed by atoms with Crippen LogP contribution in [-0.4, -0.2) is 46.8 Å². The number of carbonyl (C=O) groups is 1. The summed E-state index contributed by atoms with van der Waals surface area (Å²) < 4.78 is 13.1. The van der Waals surface area contributed by atoms with E-state index in [4.69, 9.17) is 0 Å². The van der Waals surface area contributed by atoms with Gasteiger partial charge in [-0.05, 0) is 43.0 Å². The van der Waals surface area contributed by atoms with E-state index in [1.54, 1.807) is 11.0 Å². The summed E-state index contributed by atoms with van der Waals surface area (Å²) in [5.74, 6) is -0.265. The highest BCUT2D eigenvalue weighted by Gasteiger charge is 2.27. The lowest BCUT2D eigenvalue weighted by molar-refractivity contribution is 0.157. The van der Waals surface area contributed by atoms with E-state index in [1.165, 1.54) is 12.1 Å². The first-order valence-electron chi connectivity index (χ1n) is 7.60. The highest BCUT2D eigenvalue weighted by Crippen LogP contribution is 2.20. The third-order valence-electron chi connectivity index (χ3n) is 4.25. The van der Waals surface area contributed by atoms with Crippen LogP contribution in [0.2, 0.25) is 0 Å². The second kappa shape index (κ2) is 6.36. The van der Waals surface area contributed by atoms with Crippen LogP contribution >= 0.6 is 0 Å². The molecular formula is C16H20FN3O2. The molecular weight excluding hydrogens is 285 g/mol. The lowest BCUT2D eigenvalue weighted by Gasteiger charge is -2.23. The second-order valence-corrected chi connectivity index (χ2v) is 5.66. The molecule has 5 nitrogen and oxygen atoms in total. The van der Waals surface area contributed by atoms with Crippen LogP contribution < -0.4 is 5.32 Å². The van der Waals surface area contributed by atoms with Crippen LogP contribution in [0.5, 0.6) is 0 Å². The van der Waals surface area contributed by atoms with E-state index in [-0.39, 0.29) is 24.5 Å². The van der Waals surface area contributed by atoms with Crippen molar-refractivity contribution in [2.75, 3.05) is 19.7 Å². The molecule has 1 unspecified atom stereocenters. The summed E-state index contributed by atoms with van der Waals surface area (Å²) in [6.45, 7) is 1.22. The molecule has 2 aromatic rings. The second-order valence-electron chi connectivity index (χ2n) is 5.66. The van der Waals surface area contributed by atoms with Gasteiger partial charge in [0.2, 0.25) is 0 Å². The number of amides is 2. The minimum absolute atomic E-state index is 0.0153. The number of halogens is 1. The SMILES string of the molecule is O=C(NCCc1c[nH]c2cc(F)ccc12)N1CCCC1CO. The fourth-order valence-corrected chi connectivity index (χ4v) is 3.06. The number of hydrogen-bond donors (Lipinski definition) is 3. The topological polar surface area (TPSA) is 68.4 Å². The lowest BCUT2D eigenvalue weighted by Crippen LogP contribution is -2.44. The number of aromatic amines is 1. The molecule has 0 aliphatic carbocycles. The number of aliphatic hydroxyl groups is 1. The van der Waals surface area contributed by atoms with Crippen LogP contribution in [0.1, 0.15) is 18.4 Å². The van der Waals surface area contributed by atoms with Gasteiger partial charge in [0, 0.05) is 30.2 Å². The first-order chi connectivity index (χ1) is 10.7. The van der Waals surface area contributed by atoms with E-state index in [2.05, 4.69) is 10.3 Å². The first kappa shape index (κ1) is 14.8.